The quantitative estimate of drug-likeness (QED) is 0.818. The molecule has 0 radical (unpaired) electrons. The number of benzene rings is 1. The Labute approximate surface area is 102 Å². The summed E-state index contributed by atoms with van der Waals surface area (Å²) in [5.41, 5.74) is -1.15. The van der Waals surface area contributed by atoms with Crippen molar-refractivity contribution in [3.05, 3.63) is 35.1 Å². The van der Waals surface area contributed by atoms with Crippen LogP contribution in [0.5, 0.6) is 0 Å². The topological polar surface area (TPSA) is 32.3 Å². The zero-order valence-electron chi connectivity index (χ0n) is 9.52. The van der Waals surface area contributed by atoms with Crippen LogP contribution in [-0.4, -0.2) is 17.3 Å². The van der Waals surface area contributed by atoms with Gasteiger partial charge in [0, 0.05) is 12.1 Å². The number of hydrogen-bond donors (Lipinski definition) is 2. The minimum absolute atomic E-state index is 0.0611. The summed E-state index contributed by atoms with van der Waals surface area (Å²) in [4.78, 5) is 0. The smallest absolute Gasteiger partial charge is 0.394 e. The van der Waals surface area contributed by atoms with Gasteiger partial charge in [0.1, 0.15) is 5.82 Å². The molecule has 1 fully saturated rings. The Balaban J connectivity index is 2.11. The first-order chi connectivity index (χ1) is 8.35. The fourth-order valence-electron chi connectivity index (χ4n) is 1.75. The van der Waals surface area contributed by atoms with Crippen LogP contribution in [0.1, 0.15) is 24.0 Å². The van der Waals surface area contributed by atoms with E-state index in [9.17, 15) is 17.6 Å². The first-order valence-corrected chi connectivity index (χ1v) is 5.57. The molecule has 0 aliphatic heterocycles. The highest BCUT2D eigenvalue weighted by Crippen LogP contribution is 2.35. The second kappa shape index (κ2) is 4.51. The van der Waals surface area contributed by atoms with E-state index in [1.54, 1.807) is 0 Å². The molecule has 2 rings (SSSR count). The van der Waals surface area contributed by atoms with Gasteiger partial charge in [-0.15, -0.1) is 0 Å². The fraction of sp³-hybridized carbons (Fsp3) is 0.500. The Morgan fingerprint density at radius 3 is 2.39 bits per heavy atom. The molecular weight excluding hydrogens is 250 g/mol. The summed E-state index contributed by atoms with van der Waals surface area (Å²) in [6, 6.07) is 2.46. The van der Waals surface area contributed by atoms with Gasteiger partial charge >= 0.3 is 6.18 Å². The fourth-order valence-corrected chi connectivity index (χ4v) is 1.75. The third-order valence-electron chi connectivity index (χ3n) is 3.11. The minimum Gasteiger partial charge on any atom is -0.394 e. The molecule has 1 aromatic rings. The largest absolute Gasteiger partial charge is 0.416 e. The molecule has 1 saturated carbocycles. The van der Waals surface area contributed by atoms with Gasteiger partial charge in [-0.3, -0.25) is 0 Å². The summed E-state index contributed by atoms with van der Waals surface area (Å²) < 4.78 is 50.5. The van der Waals surface area contributed by atoms with Gasteiger partial charge in [-0.05, 0) is 36.6 Å². The molecule has 0 amide bonds. The Kier molecular flexibility index (Phi) is 3.33. The van der Waals surface area contributed by atoms with Crippen LogP contribution in [0.2, 0.25) is 0 Å². The Hall–Kier alpha value is -1.14. The van der Waals surface area contributed by atoms with Crippen molar-refractivity contribution in [3.63, 3.8) is 0 Å². The predicted octanol–water partition coefficient (Wildman–Crippen LogP) is 2.46. The number of aliphatic hydroxyl groups is 1. The van der Waals surface area contributed by atoms with Crippen molar-refractivity contribution in [3.8, 4) is 0 Å². The monoisotopic (exact) mass is 263 g/mol. The van der Waals surface area contributed by atoms with Crippen molar-refractivity contribution < 1.29 is 22.7 Å². The van der Waals surface area contributed by atoms with Crippen molar-refractivity contribution >= 4 is 0 Å². The highest BCUT2D eigenvalue weighted by atomic mass is 19.4. The lowest BCUT2D eigenvalue weighted by Crippen LogP contribution is -2.34. The second-order valence-electron chi connectivity index (χ2n) is 4.64. The first-order valence-electron chi connectivity index (χ1n) is 5.57. The van der Waals surface area contributed by atoms with Crippen LogP contribution in [0.15, 0.2) is 18.2 Å². The third kappa shape index (κ3) is 3.00. The molecule has 0 atom stereocenters. The van der Waals surface area contributed by atoms with E-state index >= 15 is 0 Å². The van der Waals surface area contributed by atoms with E-state index in [0.717, 1.165) is 25.0 Å². The van der Waals surface area contributed by atoms with Crippen LogP contribution < -0.4 is 5.32 Å². The lowest BCUT2D eigenvalue weighted by Gasteiger charge is -2.15. The van der Waals surface area contributed by atoms with E-state index in [4.69, 9.17) is 5.11 Å². The molecule has 2 nitrogen and oxygen atoms in total. The van der Waals surface area contributed by atoms with Gasteiger partial charge in [-0.2, -0.15) is 13.2 Å². The van der Waals surface area contributed by atoms with Crippen molar-refractivity contribution in [2.45, 2.75) is 31.1 Å². The summed E-state index contributed by atoms with van der Waals surface area (Å²) in [6.07, 6.45) is -2.99. The summed E-state index contributed by atoms with van der Waals surface area (Å²) in [7, 11) is 0. The molecule has 0 unspecified atom stereocenters. The van der Waals surface area contributed by atoms with Crippen LogP contribution in [0, 0.1) is 5.82 Å². The summed E-state index contributed by atoms with van der Waals surface area (Å²) in [5.74, 6) is -0.907. The summed E-state index contributed by atoms with van der Waals surface area (Å²) in [5, 5.41) is 12.0. The first kappa shape index (κ1) is 13.3. The summed E-state index contributed by atoms with van der Waals surface area (Å²) in [6.45, 7) is 0.0514. The zero-order chi connectivity index (χ0) is 13.4. The molecule has 0 spiro atoms. The number of hydrogen-bond acceptors (Lipinski definition) is 2. The number of aliphatic hydroxyl groups excluding tert-OH is 1. The molecule has 6 heteroatoms. The SMILES string of the molecule is OCC1(NCc2cc(F)cc(C(F)(F)F)c2)CC1. The van der Waals surface area contributed by atoms with E-state index in [1.165, 1.54) is 0 Å². The molecule has 100 valence electrons. The molecule has 2 N–H and O–H groups in total. The van der Waals surface area contributed by atoms with E-state index in [2.05, 4.69) is 5.32 Å². The number of rotatable bonds is 4. The average Bonchev–Trinajstić information content (AvgIpc) is 3.05. The highest BCUT2D eigenvalue weighted by Gasteiger charge is 2.41. The maximum absolute atomic E-state index is 13.1. The van der Waals surface area contributed by atoms with Gasteiger partial charge in [0.25, 0.3) is 0 Å². The Morgan fingerprint density at radius 1 is 1.22 bits per heavy atom. The van der Waals surface area contributed by atoms with E-state index in [-0.39, 0.29) is 24.3 Å². The van der Waals surface area contributed by atoms with Crippen LogP contribution in [0.4, 0.5) is 17.6 Å². The molecule has 1 aromatic carbocycles. The molecule has 0 heterocycles. The van der Waals surface area contributed by atoms with Gasteiger partial charge in [0.05, 0.1) is 12.2 Å². The Bertz CT molecular complexity index is 440. The molecular formula is C12H13F4NO. The lowest BCUT2D eigenvalue weighted by molar-refractivity contribution is -0.137. The van der Waals surface area contributed by atoms with E-state index in [0.29, 0.717) is 6.07 Å². The molecule has 0 bridgehead atoms. The zero-order valence-corrected chi connectivity index (χ0v) is 9.52. The van der Waals surface area contributed by atoms with Gasteiger partial charge in [-0.1, -0.05) is 0 Å². The van der Waals surface area contributed by atoms with Crippen molar-refractivity contribution in [2.24, 2.45) is 0 Å². The van der Waals surface area contributed by atoms with Crippen molar-refractivity contribution in [1.82, 2.24) is 5.32 Å². The third-order valence-corrected chi connectivity index (χ3v) is 3.11. The van der Waals surface area contributed by atoms with Gasteiger partial charge in [0.15, 0.2) is 0 Å². The maximum Gasteiger partial charge on any atom is 0.416 e. The van der Waals surface area contributed by atoms with Gasteiger partial charge in [-0.25, -0.2) is 4.39 Å². The number of nitrogens with one attached hydrogen (secondary N) is 1. The average molecular weight is 263 g/mol. The molecule has 1 aliphatic rings. The maximum atomic E-state index is 13.1. The van der Waals surface area contributed by atoms with E-state index in [1.807, 2.05) is 0 Å². The van der Waals surface area contributed by atoms with Crippen LogP contribution in [0.3, 0.4) is 0 Å². The minimum atomic E-state index is -4.55. The van der Waals surface area contributed by atoms with Gasteiger partial charge in [0.2, 0.25) is 0 Å². The number of alkyl halides is 3. The van der Waals surface area contributed by atoms with Crippen LogP contribution >= 0.6 is 0 Å². The van der Waals surface area contributed by atoms with Gasteiger partial charge < -0.3 is 10.4 Å². The van der Waals surface area contributed by atoms with Crippen molar-refractivity contribution in [1.29, 1.82) is 0 Å². The van der Waals surface area contributed by atoms with Crippen LogP contribution in [-0.2, 0) is 12.7 Å². The lowest BCUT2D eigenvalue weighted by atomic mass is 10.1. The second-order valence-corrected chi connectivity index (χ2v) is 4.64. The van der Waals surface area contributed by atoms with Crippen LogP contribution in [0.25, 0.3) is 0 Å². The van der Waals surface area contributed by atoms with Crippen molar-refractivity contribution in [2.75, 3.05) is 6.61 Å². The highest BCUT2D eigenvalue weighted by molar-refractivity contribution is 5.27. The normalized spacial score (nSPS) is 17.8. The standard InChI is InChI=1S/C12H13F4NO/c13-10-4-8(3-9(5-10)12(14,15)16)6-17-11(7-18)1-2-11/h3-5,17-18H,1-2,6-7H2. The molecule has 1 aliphatic carbocycles. The summed E-state index contributed by atoms with van der Waals surface area (Å²) >= 11 is 0. The predicted molar refractivity (Wildman–Crippen MR) is 57.3 cm³/mol. The number of halogens is 4. The molecule has 0 aromatic heterocycles. The Morgan fingerprint density at radius 2 is 1.89 bits per heavy atom. The van der Waals surface area contributed by atoms with E-state index < -0.39 is 17.6 Å². The molecule has 0 saturated heterocycles. The molecule has 18 heavy (non-hydrogen) atoms.